The van der Waals surface area contributed by atoms with Crippen LogP contribution >= 0.6 is 0 Å². The molecule has 0 saturated carbocycles. The number of nitrogens with zero attached hydrogens (tertiary/aromatic N) is 3. The minimum Gasteiger partial charge on any atom is -0.465 e. The third kappa shape index (κ3) is 3.14. The van der Waals surface area contributed by atoms with Gasteiger partial charge in [-0.15, -0.1) is 0 Å². The number of likely N-dealkylation sites (N-methyl/N-ethyl adjacent to an activating group) is 1. The van der Waals surface area contributed by atoms with Gasteiger partial charge >= 0.3 is 0 Å². The molecule has 0 atom stereocenters. The highest BCUT2D eigenvalue weighted by atomic mass is 16.3. The summed E-state index contributed by atoms with van der Waals surface area (Å²) in [5.41, 5.74) is 2.17. The summed E-state index contributed by atoms with van der Waals surface area (Å²) in [5.74, 6) is 2.73. The first kappa shape index (κ1) is 14.7. The first-order valence-electron chi connectivity index (χ1n) is 7.52. The predicted octanol–water partition coefficient (Wildman–Crippen LogP) is 3.11. The molecule has 0 radical (unpaired) electrons. The Morgan fingerprint density at radius 1 is 1.18 bits per heavy atom. The summed E-state index contributed by atoms with van der Waals surface area (Å²) < 4.78 is 7.84. The van der Waals surface area contributed by atoms with Gasteiger partial charge in [0.15, 0.2) is 0 Å². The van der Waals surface area contributed by atoms with Crippen LogP contribution in [0.25, 0.3) is 11.0 Å². The summed E-state index contributed by atoms with van der Waals surface area (Å²) in [5, 5.41) is 3.40. The third-order valence-electron chi connectivity index (χ3n) is 3.64. The molecular formula is C17H22N4O. The molecule has 22 heavy (non-hydrogen) atoms. The lowest BCUT2D eigenvalue weighted by Gasteiger charge is -2.13. The van der Waals surface area contributed by atoms with Crippen LogP contribution in [0.1, 0.15) is 11.5 Å². The fourth-order valence-corrected chi connectivity index (χ4v) is 2.48. The van der Waals surface area contributed by atoms with Crippen LogP contribution in [0.15, 0.2) is 40.8 Å². The van der Waals surface area contributed by atoms with Crippen molar-refractivity contribution in [2.45, 2.75) is 20.0 Å². The van der Waals surface area contributed by atoms with Gasteiger partial charge in [0, 0.05) is 13.1 Å². The fraction of sp³-hybridized carbons (Fsp3) is 0.353. The molecule has 116 valence electrons. The second-order valence-electron chi connectivity index (χ2n) is 5.74. The molecule has 0 aliphatic rings. The van der Waals surface area contributed by atoms with Crippen molar-refractivity contribution in [2.75, 3.05) is 26.0 Å². The predicted molar refractivity (Wildman–Crippen MR) is 89.1 cm³/mol. The summed E-state index contributed by atoms with van der Waals surface area (Å²) in [6.45, 7) is 4.46. The molecule has 0 aliphatic carbocycles. The van der Waals surface area contributed by atoms with Gasteiger partial charge in [0.1, 0.15) is 11.5 Å². The van der Waals surface area contributed by atoms with Gasteiger partial charge in [-0.3, -0.25) is 0 Å². The van der Waals surface area contributed by atoms with E-state index in [9.17, 15) is 0 Å². The number of nitrogens with one attached hydrogen (secondary N) is 1. The van der Waals surface area contributed by atoms with Gasteiger partial charge in [0.2, 0.25) is 5.95 Å². The van der Waals surface area contributed by atoms with Crippen molar-refractivity contribution in [2.24, 2.45) is 0 Å². The van der Waals surface area contributed by atoms with Gasteiger partial charge in [0.05, 0.1) is 17.6 Å². The largest absolute Gasteiger partial charge is 0.465 e. The van der Waals surface area contributed by atoms with Crippen molar-refractivity contribution in [3.8, 4) is 0 Å². The van der Waals surface area contributed by atoms with Crippen molar-refractivity contribution >= 4 is 17.0 Å². The number of hydrogen-bond donors (Lipinski definition) is 1. The number of imidazole rings is 1. The number of rotatable bonds is 6. The smallest absolute Gasteiger partial charge is 0.204 e. The maximum atomic E-state index is 5.61. The topological polar surface area (TPSA) is 46.2 Å². The average molecular weight is 298 g/mol. The van der Waals surface area contributed by atoms with E-state index < -0.39 is 0 Å². The van der Waals surface area contributed by atoms with Crippen molar-refractivity contribution in [1.29, 1.82) is 0 Å². The van der Waals surface area contributed by atoms with E-state index in [-0.39, 0.29) is 0 Å². The molecule has 1 N–H and O–H groups in total. The Labute approximate surface area is 130 Å². The summed E-state index contributed by atoms with van der Waals surface area (Å²) in [6, 6.07) is 12.2. The van der Waals surface area contributed by atoms with Crippen LogP contribution < -0.4 is 5.32 Å². The van der Waals surface area contributed by atoms with Crippen LogP contribution in [-0.2, 0) is 13.1 Å². The second kappa shape index (κ2) is 6.23. The zero-order valence-electron chi connectivity index (χ0n) is 13.3. The molecule has 0 bridgehead atoms. The maximum absolute atomic E-state index is 5.61. The Morgan fingerprint density at radius 3 is 2.73 bits per heavy atom. The maximum Gasteiger partial charge on any atom is 0.204 e. The normalized spacial score (nSPS) is 11.5. The van der Waals surface area contributed by atoms with Crippen LogP contribution in [0.5, 0.6) is 0 Å². The number of furan rings is 1. The summed E-state index contributed by atoms with van der Waals surface area (Å²) in [6.07, 6.45) is 0. The zero-order valence-corrected chi connectivity index (χ0v) is 13.3. The fourth-order valence-electron chi connectivity index (χ4n) is 2.48. The Bertz CT molecular complexity index is 757. The minimum atomic E-state index is 0.638. The summed E-state index contributed by atoms with van der Waals surface area (Å²) in [7, 11) is 4.16. The molecule has 0 saturated heterocycles. The quantitative estimate of drug-likeness (QED) is 0.759. The molecule has 0 spiro atoms. The third-order valence-corrected chi connectivity index (χ3v) is 3.64. The van der Waals surface area contributed by atoms with E-state index in [1.54, 1.807) is 0 Å². The Kier molecular flexibility index (Phi) is 4.15. The highest BCUT2D eigenvalue weighted by Crippen LogP contribution is 2.20. The molecule has 2 heterocycles. The van der Waals surface area contributed by atoms with E-state index in [0.717, 1.165) is 41.6 Å². The van der Waals surface area contributed by atoms with Crippen molar-refractivity contribution in [1.82, 2.24) is 14.5 Å². The molecule has 5 heteroatoms. The van der Waals surface area contributed by atoms with Gasteiger partial charge in [-0.2, -0.15) is 0 Å². The van der Waals surface area contributed by atoms with Crippen LogP contribution in [0, 0.1) is 6.92 Å². The number of fused-ring (bicyclic) bond motifs is 1. The van der Waals surface area contributed by atoms with Gasteiger partial charge in [0.25, 0.3) is 0 Å². The molecule has 5 nitrogen and oxygen atoms in total. The molecule has 1 aromatic carbocycles. The molecular weight excluding hydrogens is 276 g/mol. The van der Waals surface area contributed by atoms with Crippen LogP contribution in [0.4, 0.5) is 5.95 Å². The van der Waals surface area contributed by atoms with Gasteiger partial charge in [-0.25, -0.2) is 4.98 Å². The number of para-hydroxylation sites is 2. The average Bonchev–Trinajstić information content (AvgIpc) is 3.06. The van der Waals surface area contributed by atoms with E-state index in [2.05, 4.69) is 41.0 Å². The van der Waals surface area contributed by atoms with E-state index >= 15 is 0 Å². The zero-order chi connectivity index (χ0) is 15.5. The second-order valence-corrected chi connectivity index (χ2v) is 5.74. The Balaban J connectivity index is 1.84. The number of hydrogen-bond acceptors (Lipinski definition) is 4. The lowest BCUT2D eigenvalue weighted by molar-refractivity contribution is 0.387. The summed E-state index contributed by atoms with van der Waals surface area (Å²) >= 11 is 0. The van der Waals surface area contributed by atoms with Gasteiger partial charge in [-0.1, -0.05) is 12.1 Å². The highest BCUT2D eigenvalue weighted by Gasteiger charge is 2.10. The Morgan fingerprint density at radius 2 is 2.00 bits per heavy atom. The van der Waals surface area contributed by atoms with Crippen molar-refractivity contribution in [3.05, 3.63) is 47.9 Å². The number of aromatic nitrogens is 2. The molecule has 0 aliphatic heterocycles. The molecule has 2 aromatic heterocycles. The van der Waals surface area contributed by atoms with Gasteiger partial charge < -0.3 is 19.2 Å². The van der Waals surface area contributed by atoms with Crippen molar-refractivity contribution < 1.29 is 4.42 Å². The molecule has 3 rings (SSSR count). The van der Waals surface area contributed by atoms with E-state index in [4.69, 9.17) is 9.40 Å². The van der Waals surface area contributed by atoms with Crippen LogP contribution in [-0.4, -0.2) is 35.1 Å². The van der Waals surface area contributed by atoms with E-state index in [0.29, 0.717) is 6.54 Å². The lowest BCUT2D eigenvalue weighted by Crippen LogP contribution is -2.19. The van der Waals surface area contributed by atoms with Crippen molar-refractivity contribution in [3.63, 3.8) is 0 Å². The molecule has 3 aromatic rings. The molecule has 0 fully saturated rings. The Hall–Kier alpha value is -2.27. The van der Waals surface area contributed by atoms with Gasteiger partial charge in [-0.05, 0) is 45.3 Å². The minimum absolute atomic E-state index is 0.638. The van der Waals surface area contributed by atoms with E-state index in [1.165, 1.54) is 0 Å². The monoisotopic (exact) mass is 298 g/mol. The molecule has 0 amide bonds. The van der Waals surface area contributed by atoms with Crippen LogP contribution in [0.2, 0.25) is 0 Å². The number of anilines is 1. The number of benzene rings is 1. The highest BCUT2D eigenvalue weighted by molar-refractivity contribution is 5.78. The van der Waals surface area contributed by atoms with E-state index in [1.807, 2.05) is 31.2 Å². The lowest BCUT2D eigenvalue weighted by atomic mass is 10.3. The number of aryl methyl sites for hydroxylation is 1. The standard InChI is InChI=1S/C17H22N4O/c1-13-8-9-14(22-13)12-18-17-19-15-6-4-5-7-16(15)21(17)11-10-20(2)3/h4-9H,10-12H2,1-3H3,(H,18,19). The SMILES string of the molecule is Cc1ccc(CNc2nc3ccccc3n2CCN(C)C)o1. The van der Waals surface area contributed by atoms with Crippen LogP contribution in [0.3, 0.4) is 0 Å². The molecule has 0 unspecified atom stereocenters. The first-order valence-corrected chi connectivity index (χ1v) is 7.52. The first-order chi connectivity index (χ1) is 10.6. The summed E-state index contributed by atoms with van der Waals surface area (Å²) in [4.78, 5) is 6.88.